The second-order valence-corrected chi connectivity index (χ2v) is 19.7. The molecule has 0 N–H and O–H groups in total. The molecule has 0 amide bonds. The lowest BCUT2D eigenvalue weighted by Gasteiger charge is -2.46. The summed E-state index contributed by atoms with van der Waals surface area (Å²) >= 11 is 3.93. The Morgan fingerprint density at radius 1 is 0.655 bits per heavy atom. The highest BCUT2D eigenvalue weighted by molar-refractivity contribution is 8.09. The van der Waals surface area contributed by atoms with Crippen LogP contribution in [0, 0.1) is 0 Å². The van der Waals surface area contributed by atoms with Crippen molar-refractivity contribution >= 4 is 38.8 Å². The fourth-order valence-electron chi connectivity index (χ4n) is 9.26. The van der Waals surface area contributed by atoms with Gasteiger partial charge in [-0.15, -0.1) is 23.1 Å². The lowest BCUT2D eigenvalue weighted by molar-refractivity contribution is 0.602. The molecule has 5 aromatic carbocycles. The van der Waals surface area contributed by atoms with Gasteiger partial charge in [-0.05, 0) is 79.3 Å². The number of benzene rings is 5. The Morgan fingerprint density at radius 2 is 1.20 bits per heavy atom. The van der Waals surface area contributed by atoms with Crippen molar-refractivity contribution in [3.63, 3.8) is 0 Å². The fourth-order valence-corrected chi connectivity index (χ4v) is 11.8. The van der Waals surface area contributed by atoms with Crippen LogP contribution in [0.1, 0.15) is 92.3 Å². The van der Waals surface area contributed by atoms with E-state index in [2.05, 4.69) is 207 Å². The third-order valence-corrected chi connectivity index (χ3v) is 14.1. The van der Waals surface area contributed by atoms with Gasteiger partial charge in [0.1, 0.15) is 0 Å². The zero-order valence-corrected chi connectivity index (χ0v) is 34.8. The Morgan fingerprint density at radius 3 is 1.73 bits per heavy atom. The Labute approximate surface area is 336 Å². The molecular weight excluding hydrogens is 701 g/mol. The van der Waals surface area contributed by atoms with Gasteiger partial charge >= 0.3 is 0 Å². The van der Waals surface area contributed by atoms with Gasteiger partial charge in [-0.3, -0.25) is 0 Å². The molecule has 1 aromatic heterocycles. The lowest BCUT2D eigenvalue weighted by Crippen LogP contribution is -2.37. The molecule has 0 radical (unpaired) electrons. The van der Waals surface area contributed by atoms with Gasteiger partial charge < -0.3 is 0 Å². The summed E-state index contributed by atoms with van der Waals surface area (Å²) in [4.78, 5) is 4.02. The summed E-state index contributed by atoms with van der Waals surface area (Å²) in [6, 6.07) is 45.8. The summed E-state index contributed by atoms with van der Waals surface area (Å²) in [5.41, 5.74) is 11.5. The van der Waals surface area contributed by atoms with E-state index >= 15 is 0 Å². The predicted molar refractivity (Wildman–Crippen MR) is 243 cm³/mol. The molecule has 0 saturated heterocycles. The third kappa shape index (κ3) is 5.55. The van der Waals surface area contributed by atoms with E-state index in [1.165, 1.54) is 81.1 Å². The van der Waals surface area contributed by atoms with Crippen LogP contribution >= 0.6 is 23.1 Å². The van der Waals surface area contributed by atoms with E-state index < -0.39 is 10.8 Å². The first-order valence-electron chi connectivity index (χ1n) is 19.4. The Balaban J connectivity index is 1.67. The molecule has 0 bridgehead atoms. The highest BCUT2D eigenvalue weighted by Gasteiger charge is 2.50. The molecule has 2 heteroatoms. The molecule has 0 saturated carbocycles. The van der Waals surface area contributed by atoms with Crippen molar-refractivity contribution in [2.24, 2.45) is 0 Å². The number of fused-ring (bicyclic) bond motifs is 2. The maximum absolute atomic E-state index is 4.60. The molecule has 0 aliphatic heterocycles. The quantitative estimate of drug-likeness (QED) is 0.140. The first kappa shape index (κ1) is 37.1. The molecule has 2 aliphatic carbocycles. The SMILES string of the molecule is C=C/C=C(\C=C/C)C1(c2ccccc2)c2cc(C(C)(C)C)sc2-c2ccc3c4c(ccc1c24)C(SC(C)(C)C)=C(C=C)C3(c1ccccc1)c1ccccc1. The summed E-state index contributed by atoms with van der Waals surface area (Å²) < 4.78 is -0.0536. The molecule has 0 nitrogen and oxygen atoms in total. The maximum Gasteiger partial charge on any atom is 0.0721 e. The van der Waals surface area contributed by atoms with E-state index in [0.717, 1.165) is 0 Å². The van der Waals surface area contributed by atoms with Gasteiger partial charge in [0.15, 0.2) is 0 Å². The van der Waals surface area contributed by atoms with Crippen molar-refractivity contribution in [3.8, 4) is 10.4 Å². The van der Waals surface area contributed by atoms with Crippen LogP contribution in [0.15, 0.2) is 176 Å². The number of rotatable bonds is 8. The van der Waals surface area contributed by atoms with Crippen LogP contribution in [-0.2, 0) is 16.2 Å². The fraction of sp³-hybridized carbons (Fsp3) is 0.208. The Hall–Kier alpha value is -4.89. The molecule has 1 atom stereocenters. The van der Waals surface area contributed by atoms with Crippen molar-refractivity contribution in [1.29, 1.82) is 0 Å². The highest BCUT2D eigenvalue weighted by atomic mass is 32.2. The summed E-state index contributed by atoms with van der Waals surface area (Å²) in [5, 5.41) is 2.66. The van der Waals surface area contributed by atoms with Crippen LogP contribution in [-0.4, -0.2) is 4.75 Å². The number of hydrogen-bond donors (Lipinski definition) is 0. The van der Waals surface area contributed by atoms with Gasteiger partial charge in [-0.1, -0.05) is 200 Å². The normalized spacial score (nSPS) is 17.8. The van der Waals surface area contributed by atoms with Crippen LogP contribution in [0.3, 0.4) is 0 Å². The standard InChI is InChI=1S/C53H50S2/c1-10-22-35(23-11-2)53(38-28-20-15-21-29-38)43-33-31-40-47-42(32-30-39(46(43)47)48-44(53)34-45(54-48)50(4,5)6)52(36-24-16-13-17-25-36,37-26-18-14-19-27-37)41(12-3)49(40)55-51(7,8)9/h10-34H,1,3H2,2,4-9H3/b23-11-,35-22+. The average molecular weight is 751 g/mol. The molecule has 0 spiro atoms. The zero-order chi connectivity index (χ0) is 38.8. The Kier molecular flexibility index (Phi) is 9.23. The lowest BCUT2D eigenvalue weighted by atomic mass is 9.57. The van der Waals surface area contributed by atoms with Gasteiger partial charge in [-0.2, -0.15) is 0 Å². The molecule has 1 unspecified atom stereocenters. The molecule has 55 heavy (non-hydrogen) atoms. The monoisotopic (exact) mass is 750 g/mol. The first-order chi connectivity index (χ1) is 26.4. The van der Waals surface area contributed by atoms with E-state index in [4.69, 9.17) is 0 Å². The van der Waals surface area contributed by atoms with Gasteiger partial charge in [0.05, 0.1) is 10.8 Å². The van der Waals surface area contributed by atoms with Crippen LogP contribution in [0.5, 0.6) is 0 Å². The second-order valence-electron chi connectivity index (χ2n) is 16.8. The summed E-state index contributed by atoms with van der Waals surface area (Å²) in [7, 11) is 0. The predicted octanol–water partition coefficient (Wildman–Crippen LogP) is 15.0. The minimum Gasteiger partial charge on any atom is -0.139 e. The summed E-state index contributed by atoms with van der Waals surface area (Å²) in [5.74, 6) is 0. The molecule has 2 aliphatic rings. The Bertz CT molecular complexity index is 2510. The number of allylic oxidation sites excluding steroid dienone is 7. The smallest absolute Gasteiger partial charge is 0.0721 e. The molecule has 0 fully saturated rings. The van der Waals surface area contributed by atoms with Crippen molar-refractivity contribution in [1.82, 2.24) is 0 Å². The number of thiophene rings is 1. The van der Waals surface area contributed by atoms with Crippen LogP contribution < -0.4 is 0 Å². The van der Waals surface area contributed by atoms with E-state index in [0.29, 0.717) is 0 Å². The van der Waals surface area contributed by atoms with E-state index in [-0.39, 0.29) is 10.2 Å². The minimum absolute atomic E-state index is 0.0247. The van der Waals surface area contributed by atoms with Gasteiger partial charge in [0.2, 0.25) is 0 Å². The third-order valence-electron chi connectivity index (χ3n) is 11.3. The number of hydrogen-bond acceptors (Lipinski definition) is 2. The van der Waals surface area contributed by atoms with E-state index in [9.17, 15) is 0 Å². The average Bonchev–Trinajstić information content (AvgIpc) is 3.65. The van der Waals surface area contributed by atoms with Crippen molar-refractivity contribution < 1.29 is 0 Å². The van der Waals surface area contributed by atoms with Gasteiger partial charge in [-0.25, -0.2) is 0 Å². The van der Waals surface area contributed by atoms with E-state index in [1.54, 1.807) is 0 Å². The maximum atomic E-state index is 4.60. The van der Waals surface area contributed by atoms with Crippen LogP contribution in [0.25, 0.3) is 26.1 Å². The van der Waals surface area contributed by atoms with Gasteiger partial charge in [0, 0.05) is 25.0 Å². The van der Waals surface area contributed by atoms with Crippen molar-refractivity contribution in [3.05, 3.63) is 220 Å². The van der Waals surface area contributed by atoms with E-state index in [1.807, 2.05) is 29.2 Å². The molecule has 274 valence electrons. The largest absolute Gasteiger partial charge is 0.139 e. The van der Waals surface area contributed by atoms with Crippen molar-refractivity contribution in [2.75, 3.05) is 0 Å². The topological polar surface area (TPSA) is 0 Å². The van der Waals surface area contributed by atoms with Crippen LogP contribution in [0.2, 0.25) is 0 Å². The second kappa shape index (κ2) is 13.7. The molecule has 8 rings (SSSR count). The first-order valence-corrected chi connectivity index (χ1v) is 21.0. The number of thioether (sulfide) groups is 1. The summed E-state index contributed by atoms with van der Waals surface area (Å²) in [6.45, 7) is 25.0. The highest BCUT2D eigenvalue weighted by Crippen LogP contribution is 2.64. The van der Waals surface area contributed by atoms with Gasteiger partial charge in [0.25, 0.3) is 0 Å². The summed E-state index contributed by atoms with van der Waals surface area (Å²) in [6.07, 6.45) is 10.8. The van der Waals surface area contributed by atoms with Crippen molar-refractivity contribution in [2.45, 2.75) is 69.5 Å². The van der Waals surface area contributed by atoms with Crippen LogP contribution in [0.4, 0.5) is 0 Å². The minimum atomic E-state index is -0.604. The molecule has 6 aromatic rings. The molecular formula is C53H50S2. The molecule has 1 heterocycles. The zero-order valence-electron chi connectivity index (χ0n) is 33.2.